The van der Waals surface area contributed by atoms with Crippen molar-refractivity contribution in [2.75, 3.05) is 34.4 Å². The molecule has 19 heavy (non-hydrogen) atoms. The number of allylic oxidation sites excluding steroid dienone is 3. The first-order valence-electron chi connectivity index (χ1n) is 6.38. The molecule has 0 atom stereocenters. The molecule has 0 unspecified atom stereocenters. The van der Waals surface area contributed by atoms with Crippen LogP contribution in [0.4, 0.5) is 0 Å². The number of carbonyl (C=O) groups is 1. The first-order chi connectivity index (χ1) is 8.97. The van der Waals surface area contributed by atoms with Crippen molar-refractivity contribution < 1.29 is 9.53 Å². The van der Waals surface area contributed by atoms with Gasteiger partial charge < -0.3 is 15.4 Å². The third kappa shape index (κ3) is 4.21. The van der Waals surface area contributed by atoms with Gasteiger partial charge in [0.05, 0.1) is 18.7 Å². The van der Waals surface area contributed by atoms with Crippen molar-refractivity contribution in [2.45, 2.75) is 19.8 Å². The van der Waals surface area contributed by atoms with Crippen LogP contribution in [0.5, 0.6) is 0 Å². The molecule has 2 N–H and O–H groups in total. The van der Waals surface area contributed by atoms with Crippen molar-refractivity contribution in [3.63, 3.8) is 0 Å². The van der Waals surface area contributed by atoms with Gasteiger partial charge in [0.1, 0.15) is 0 Å². The number of aliphatic imine (C=N–C) groups is 1. The molecule has 0 saturated carbocycles. The van der Waals surface area contributed by atoms with Gasteiger partial charge in [0.2, 0.25) is 0 Å². The Bertz CT molecular complexity index is 434. The van der Waals surface area contributed by atoms with Crippen LogP contribution in [0.3, 0.4) is 0 Å². The number of nitrogens with zero attached hydrogens (tertiary/aromatic N) is 2. The maximum absolute atomic E-state index is 12.4. The highest BCUT2D eigenvalue weighted by Gasteiger charge is 2.25. The van der Waals surface area contributed by atoms with Gasteiger partial charge in [-0.05, 0) is 19.8 Å². The minimum Gasteiger partial charge on any atom is -0.401 e. The Morgan fingerprint density at radius 2 is 2.16 bits per heavy atom. The maximum atomic E-state index is 12.4. The second kappa shape index (κ2) is 7.09. The van der Waals surface area contributed by atoms with E-state index in [1.807, 2.05) is 32.1 Å². The Hall–Kier alpha value is -1.62. The Morgan fingerprint density at radius 1 is 1.47 bits per heavy atom. The highest BCUT2D eigenvalue weighted by Crippen LogP contribution is 2.24. The third-order valence-corrected chi connectivity index (χ3v) is 2.92. The molecule has 0 heterocycles. The van der Waals surface area contributed by atoms with Gasteiger partial charge in [0.25, 0.3) is 0 Å². The fourth-order valence-electron chi connectivity index (χ4n) is 2.03. The van der Waals surface area contributed by atoms with Crippen LogP contribution in [0.2, 0.25) is 0 Å². The summed E-state index contributed by atoms with van der Waals surface area (Å²) in [5.41, 5.74) is 8.66. The summed E-state index contributed by atoms with van der Waals surface area (Å²) in [4.78, 5) is 18.6. The normalized spacial score (nSPS) is 19.3. The van der Waals surface area contributed by atoms with Gasteiger partial charge >= 0.3 is 0 Å². The van der Waals surface area contributed by atoms with E-state index in [2.05, 4.69) is 4.99 Å². The second-order valence-electron chi connectivity index (χ2n) is 4.81. The molecule has 1 rings (SSSR count). The average molecular weight is 265 g/mol. The lowest BCUT2D eigenvalue weighted by atomic mass is 9.88. The summed E-state index contributed by atoms with van der Waals surface area (Å²) >= 11 is 0. The predicted octanol–water partition coefficient (Wildman–Crippen LogP) is 1.11. The van der Waals surface area contributed by atoms with E-state index in [9.17, 15) is 4.79 Å². The highest BCUT2D eigenvalue weighted by atomic mass is 16.5. The van der Waals surface area contributed by atoms with Crippen LogP contribution in [0.15, 0.2) is 28.0 Å². The van der Waals surface area contributed by atoms with Crippen LogP contribution in [-0.4, -0.2) is 50.8 Å². The van der Waals surface area contributed by atoms with Crippen LogP contribution in [0.25, 0.3) is 0 Å². The van der Waals surface area contributed by atoms with Crippen LogP contribution in [-0.2, 0) is 9.53 Å². The number of rotatable bonds is 5. The topological polar surface area (TPSA) is 67.9 Å². The number of ketones is 1. The zero-order chi connectivity index (χ0) is 14.4. The molecule has 0 spiro atoms. The molecule has 0 radical (unpaired) electrons. The van der Waals surface area contributed by atoms with Crippen molar-refractivity contribution in [1.82, 2.24) is 4.90 Å². The van der Waals surface area contributed by atoms with E-state index >= 15 is 0 Å². The van der Waals surface area contributed by atoms with E-state index in [1.54, 1.807) is 7.11 Å². The van der Waals surface area contributed by atoms with Gasteiger partial charge in [-0.15, -0.1) is 0 Å². The van der Waals surface area contributed by atoms with E-state index in [0.717, 1.165) is 5.57 Å². The SMILES string of the molecule is COCCN=C(C)C1=C(N)CC/C(=C\N(C)C)C1=O. The highest BCUT2D eigenvalue weighted by molar-refractivity contribution is 6.28. The smallest absolute Gasteiger partial charge is 0.194 e. The van der Waals surface area contributed by atoms with Crippen molar-refractivity contribution in [3.05, 3.63) is 23.0 Å². The second-order valence-corrected chi connectivity index (χ2v) is 4.81. The Balaban J connectivity index is 2.97. The number of nitrogens with two attached hydrogens (primary N) is 1. The van der Waals surface area contributed by atoms with Crippen molar-refractivity contribution >= 4 is 11.5 Å². The molecule has 0 fully saturated rings. The molecule has 1 aliphatic carbocycles. The summed E-state index contributed by atoms with van der Waals surface area (Å²) in [6.45, 7) is 2.91. The number of carbonyl (C=O) groups excluding carboxylic acids is 1. The number of methoxy groups -OCH3 is 1. The lowest BCUT2D eigenvalue weighted by Crippen LogP contribution is -2.25. The predicted molar refractivity (Wildman–Crippen MR) is 77.1 cm³/mol. The zero-order valence-corrected chi connectivity index (χ0v) is 12.2. The summed E-state index contributed by atoms with van der Waals surface area (Å²) in [5.74, 6) is -0.00360. The number of Topliss-reactive ketones (excluding diaryl/α,β-unsaturated/α-hetero) is 1. The molecule has 0 aliphatic heterocycles. The molecule has 0 aromatic rings. The Labute approximate surface area is 114 Å². The van der Waals surface area contributed by atoms with Gasteiger partial charge in [-0.3, -0.25) is 9.79 Å². The molecular weight excluding hydrogens is 242 g/mol. The number of hydrogen-bond acceptors (Lipinski definition) is 5. The molecule has 0 bridgehead atoms. The molecule has 0 saturated heterocycles. The van der Waals surface area contributed by atoms with Crippen LogP contribution in [0, 0.1) is 0 Å². The summed E-state index contributed by atoms with van der Waals surface area (Å²) in [6, 6.07) is 0. The summed E-state index contributed by atoms with van der Waals surface area (Å²) in [6.07, 6.45) is 3.26. The van der Waals surface area contributed by atoms with E-state index in [-0.39, 0.29) is 5.78 Å². The monoisotopic (exact) mass is 265 g/mol. The zero-order valence-electron chi connectivity index (χ0n) is 12.2. The fraction of sp³-hybridized carbons (Fsp3) is 0.571. The van der Waals surface area contributed by atoms with E-state index in [4.69, 9.17) is 10.5 Å². The van der Waals surface area contributed by atoms with E-state index in [1.165, 1.54) is 0 Å². The molecule has 5 nitrogen and oxygen atoms in total. The number of hydrogen-bond donors (Lipinski definition) is 1. The van der Waals surface area contributed by atoms with E-state index < -0.39 is 0 Å². The quantitative estimate of drug-likeness (QED) is 0.459. The Morgan fingerprint density at radius 3 is 2.74 bits per heavy atom. The minimum atomic E-state index is -0.00360. The fourth-order valence-corrected chi connectivity index (χ4v) is 2.03. The Kier molecular flexibility index (Phi) is 5.76. The first kappa shape index (κ1) is 15.4. The lowest BCUT2D eigenvalue weighted by molar-refractivity contribution is -0.112. The van der Waals surface area contributed by atoms with Crippen molar-refractivity contribution in [2.24, 2.45) is 10.7 Å². The van der Waals surface area contributed by atoms with Gasteiger partial charge in [-0.25, -0.2) is 0 Å². The standard InChI is InChI=1S/C14H23N3O2/c1-10(16-7-8-19-4)13-12(15)6-5-11(14(13)18)9-17(2)3/h9H,5-8,15H2,1-4H3/b11-9+,16-10?. The largest absolute Gasteiger partial charge is 0.401 e. The first-order valence-corrected chi connectivity index (χ1v) is 6.38. The average Bonchev–Trinajstić information content (AvgIpc) is 2.33. The summed E-state index contributed by atoms with van der Waals surface area (Å²) in [5, 5.41) is 0. The molecule has 1 aliphatic rings. The van der Waals surface area contributed by atoms with Gasteiger partial charge in [0.15, 0.2) is 5.78 Å². The molecule has 0 aromatic heterocycles. The van der Waals surface area contributed by atoms with Gasteiger partial charge in [-0.1, -0.05) is 0 Å². The molecule has 106 valence electrons. The van der Waals surface area contributed by atoms with Gasteiger partial charge in [0, 0.05) is 44.4 Å². The summed E-state index contributed by atoms with van der Waals surface area (Å²) in [7, 11) is 5.44. The lowest BCUT2D eigenvalue weighted by Gasteiger charge is -2.20. The minimum absolute atomic E-state index is 0.00360. The van der Waals surface area contributed by atoms with Crippen LogP contribution < -0.4 is 5.73 Å². The van der Waals surface area contributed by atoms with Crippen molar-refractivity contribution in [1.29, 1.82) is 0 Å². The maximum Gasteiger partial charge on any atom is 0.194 e. The van der Waals surface area contributed by atoms with Gasteiger partial charge in [-0.2, -0.15) is 0 Å². The number of ether oxygens (including phenoxy) is 1. The van der Waals surface area contributed by atoms with Crippen molar-refractivity contribution in [3.8, 4) is 0 Å². The molecule has 0 aromatic carbocycles. The van der Waals surface area contributed by atoms with Crippen LogP contribution >= 0.6 is 0 Å². The molecule has 5 heteroatoms. The third-order valence-electron chi connectivity index (χ3n) is 2.92. The van der Waals surface area contributed by atoms with E-state index in [0.29, 0.717) is 43.0 Å². The van der Waals surface area contributed by atoms with Crippen LogP contribution in [0.1, 0.15) is 19.8 Å². The summed E-state index contributed by atoms with van der Waals surface area (Å²) < 4.78 is 4.95. The molecule has 0 amide bonds. The molecular formula is C14H23N3O2.